The average Bonchev–Trinajstić information content (AvgIpc) is 3.01. The minimum atomic E-state index is -0.106. The molecule has 16 heavy (non-hydrogen) atoms. The molecule has 5 heteroatoms. The Morgan fingerprint density at radius 2 is 2.38 bits per heavy atom. The second-order valence-electron chi connectivity index (χ2n) is 4.05. The number of nitrogens with one attached hydrogen (secondary N) is 1. The van der Waals surface area contributed by atoms with Crippen LogP contribution < -0.4 is 5.32 Å². The lowest BCUT2D eigenvalue weighted by Gasteiger charge is -2.07. The Bertz CT molecular complexity index is 386. The maximum absolute atomic E-state index is 8.96. The Morgan fingerprint density at radius 3 is 2.88 bits per heavy atom. The number of rotatable bonds is 5. The van der Waals surface area contributed by atoms with Crippen LogP contribution >= 0.6 is 11.8 Å². The van der Waals surface area contributed by atoms with Gasteiger partial charge >= 0.3 is 0 Å². The molecule has 0 aliphatic heterocycles. The average molecular weight is 237 g/mol. The van der Waals surface area contributed by atoms with Crippen molar-refractivity contribution in [3.05, 3.63) is 11.5 Å². The van der Waals surface area contributed by atoms with Gasteiger partial charge in [0.25, 0.3) is 5.22 Å². The van der Waals surface area contributed by atoms with E-state index in [1.807, 2.05) is 13.8 Å². The molecule has 1 fully saturated rings. The Morgan fingerprint density at radius 1 is 1.62 bits per heavy atom. The number of thioether (sulfide) groups is 1. The lowest BCUT2D eigenvalue weighted by atomic mass is 10.4. The molecule has 0 saturated heterocycles. The largest absolute Gasteiger partial charge is 0.437 e. The van der Waals surface area contributed by atoms with Crippen LogP contribution in [0.25, 0.3) is 0 Å². The number of aryl methyl sites for hydroxylation is 2. The first-order valence-corrected chi connectivity index (χ1v) is 6.40. The van der Waals surface area contributed by atoms with E-state index >= 15 is 0 Å². The fraction of sp³-hybridized carbons (Fsp3) is 0.636. The molecule has 1 aromatic heterocycles. The van der Waals surface area contributed by atoms with Crippen molar-refractivity contribution >= 4 is 11.8 Å². The molecule has 4 nitrogen and oxygen atoms in total. The quantitative estimate of drug-likeness (QED) is 0.794. The fourth-order valence-corrected chi connectivity index (χ4v) is 2.18. The molecule has 1 unspecified atom stereocenters. The third-order valence-corrected chi connectivity index (χ3v) is 3.47. The van der Waals surface area contributed by atoms with Crippen molar-refractivity contribution in [3.63, 3.8) is 0 Å². The van der Waals surface area contributed by atoms with Gasteiger partial charge in [0.2, 0.25) is 0 Å². The molecular weight excluding hydrogens is 222 g/mol. The van der Waals surface area contributed by atoms with E-state index in [2.05, 4.69) is 16.4 Å². The maximum Gasteiger partial charge on any atom is 0.256 e. The molecular formula is C11H15N3OS. The summed E-state index contributed by atoms with van der Waals surface area (Å²) < 4.78 is 5.44. The summed E-state index contributed by atoms with van der Waals surface area (Å²) in [6.45, 7) is 3.82. The molecule has 2 rings (SSSR count). The summed E-state index contributed by atoms with van der Waals surface area (Å²) >= 11 is 1.50. The molecule has 0 aromatic carbocycles. The zero-order valence-electron chi connectivity index (χ0n) is 9.49. The van der Waals surface area contributed by atoms with E-state index in [9.17, 15) is 0 Å². The van der Waals surface area contributed by atoms with Crippen LogP contribution in [0, 0.1) is 25.2 Å². The number of nitriles is 1. The second kappa shape index (κ2) is 4.89. The number of nitrogens with zero attached hydrogens (tertiary/aromatic N) is 2. The van der Waals surface area contributed by atoms with E-state index in [0.29, 0.717) is 17.0 Å². The van der Waals surface area contributed by atoms with Gasteiger partial charge in [-0.2, -0.15) is 5.26 Å². The normalized spacial score (nSPS) is 17.1. The van der Waals surface area contributed by atoms with E-state index in [1.54, 1.807) is 0 Å². The van der Waals surface area contributed by atoms with Crippen LogP contribution in [0.2, 0.25) is 0 Å². The van der Waals surface area contributed by atoms with Crippen LogP contribution in [0.4, 0.5) is 0 Å². The summed E-state index contributed by atoms with van der Waals surface area (Å²) in [6, 6.07) is 2.71. The van der Waals surface area contributed by atoms with Gasteiger partial charge in [-0.3, -0.25) is 5.32 Å². The summed E-state index contributed by atoms with van der Waals surface area (Å²) in [5, 5.41) is 12.9. The van der Waals surface area contributed by atoms with Crippen molar-refractivity contribution in [2.75, 3.05) is 5.75 Å². The lowest BCUT2D eigenvalue weighted by Crippen LogP contribution is -2.31. The highest BCUT2D eigenvalue weighted by Crippen LogP contribution is 2.23. The van der Waals surface area contributed by atoms with E-state index in [0.717, 1.165) is 11.5 Å². The van der Waals surface area contributed by atoms with Crippen LogP contribution in [-0.2, 0) is 0 Å². The van der Waals surface area contributed by atoms with Crippen LogP contribution in [0.3, 0.4) is 0 Å². The van der Waals surface area contributed by atoms with Gasteiger partial charge in [-0.05, 0) is 26.7 Å². The van der Waals surface area contributed by atoms with Gasteiger partial charge in [-0.25, -0.2) is 4.98 Å². The first-order chi connectivity index (χ1) is 7.69. The monoisotopic (exact) mass is 237 g/mol. The summed E-state index contributed by atoms with van der Waals surface area (Å²) in [5.41, 5.74) is 0.922. The van der Waals surface area contributed by atoms with Crippen LogP contribution in [0.5, 0.6) is 0 Å². The smallest absolute Gasteiger partial charge is 0.256 e. The van der Waals surface area contributed by atoms with Gasteiger partial charge in [0.15, 0.2) is 0 Å². The molecule has 0 bridgehead atoms. The van der Waals surface area contributed by atoms with Crippen molar-refractivity contribution in [1.82, 2.24) is 10.3 Å². The van der Waals surface area contributed by atoms with Gasteiger partial charge in [-0.15, -0.1) is 0 Å². The van der Waals surface area contributed by atoms with Gasteiger partial charge in [0.1, 0.15) is 11.8 Å². The molecule has 0 radical (unpaired) electrons. The van der Waals surface area contributed by atoms with Crippen molar-refractivity contribution in [1.29, 1.82) is 5.26 Å². The standard InChI is InChI=1S/C11H15N3OS/c1-7-8(2)15-11(13-7)16-6-10(5-12)14-9-3-4-9/h9-10,14H,3-4,6H2,1-2H3. The molecule has 1 aliphatic carbocycles. The maximum atomic E-state index is 8.96. The highest BCUT2D eigenvalue weighted by Gasteiger charge is 2.24. The molecule has 1 aliphatic rings. The first-order valence-electron chi connectivity index (χ1n) is 5.41. The molecule has 1 N–H and O–H groups in total. The lowest BCUT2D eigenvalue weighted by molar-refractivity contribution is 0.430. The topological polar surface area (TPSA) is 61.9 Å². The highest BCUT2D eigenvalue weighted by atomic mass is 32.2. The summed E-state index contributed by atoms with van der Waals surface area (Å²) in [6.07, 6.45) is 2.39. The Kier molecular flexibility index (Phi) is 3.52. The van der Waals surface area contributed by atoms with Crippen LogP contribution in [0.1, 0.15) is 24.3 Å². The Hall–Kier alpha value is -0.990. The predicted molar refractivity (Wildman–Crippen MR) is 62.3 cm³/mol. The number of hydrogen-bond acceptors (Lipinski definition) is 5. The number of aromatic nitrogens is 1. The second-order valence-corrected chi connectivity index (χ2v) is 5.03. The molecule has 1 aromatic rings. The van der Waals surface area contributed by atoms with Gasteiger partial charge < -0.3 is 4.42 Å². The zero-order valence-corrected chi connectivity index (χ0v) is 10.3. The van der Waals surface area contributed by atoms with Crippen molar-refractivity contribution in [2.45, 2.75) is 44.0 Å². The van der Waals surface area contributed by atoms with E-state index in [1.165, 1.54) is 24.6 Å². The number of oxazole rings is 1. The minimum absolute atomic E-state index is 0.106. The third kappa shape index (κ3) is 3.00. The summed E-state index contributed by atoms with van der Waals surface area (Å²) in [5.74, 6) is 1.54. The van der Waals surface area contributed by atoms with Crippen molar-refractivity contribution in [3.8, 4) is 6.07 Å². The van der Waals surface area contributed by atoms with Crippen LogP contribution in [0.15, 0.2) is 9.64 Å². The van der Waals surface area contributed by atoms with E-state index in [4.69, 9.17) is 9.68 Å². The van der Waals surface area contributed by atoms with E-state index in [-0.39, 0.29) is 6.04 Å². The third-order valence-electron chi connectivity index (χ3n) is 2.55. The van der Waals surface area contributed by atoms with Gasteiger partial charge in [0.05, 0.1) is 11.8 Å². The molecule has 1 saturated carbocycles. The minimum Gasteiger partial charge on any atom is -0.437 e. The molecule has 1 heterocycles. The molecule has 1 atom stereocenters. The highest BCUT2D eigenvalue weighted by molar-refractivity contribution is 7.99. The Labute approximate surface area is 99.4 Å². The van der Waals surface area contributed by atoms with E-state index < -0.39 is 0 Å². The zero-order chi connectivity index (χ0) is 11.5. The summed E-state index contributed by atoms with van der Waals surface area (Å²) in [4.78, 5) is 4.27. The molecule has 0 amide bonds. The van der Waals surface area contributed by atoms with Crippen molar-refractivity contribution in [2.24, 2.45) is 0 Å². The first kappa shape index (κ1) is 11.5. The molecule has 86 valence electrons. The fourth-order valence-electron chi connectivity index (χ4n) is 1.32. The molecule has 0 spiro atoms. The van der Waals surface area contributed by atoms with Gasteiger partial charge in [-0.1, -0.05) is 11.8 Å². The SMILES string of the molecule is Cc1nc(SCC(C#N)NC2CC2)oc1C. The van der Waals surface area contributed by atoms with Gasteiger partial charge in [0, 0.05) is 11.8 Å². The Balaban J connectivity index is 1.82. The predicted octanol–water partition coefficient (Wildman–Crippen LogP) is 2.03. The summed E-state index contributed by atoms with van der Waals surface area (Å²) in [7, 11) is 0. The number of hydrogen-bond donors (Lipinski definition) is 1. The van der Waals surface area contributed by atoms with Crippen LogP contribution in [-0.4, -0.2) is 22.8 Å². The van der Waals surface area contributed by atoms with Crippen molar-refractivity contribution < 1.29 is 4.42 Å².